The molecule has 0 saturated carbocycles. The Kier molecular flexibility index (Phi) is 6.06. The van der Waals surface area contributed by atoms with Gasteiger partial charge in [0.05, 0.1) is 6.42 Å². The van der Waals surface area contributed by atoms with Gasteiger partial charge < -0.3 is 15.0 Å². The van der Waals surface area contributed by atoms with Gasteiger partial charge in [-0.1, -0.05) is 29.8 Å². The summed E-state index contributed by atoms with van der Waals surface area (Å²) in [7, 11) is 0. The van der Waals surface area contributed by atoms with Crippen LogP contribution >= 0.6 is 22.9 Å². The summed E-state index contributed by atoms with van der Waals surface area (Å²) < 4.78 is 5.88. The van der Waals surface area contributed by atoms with Crippen LogP contribution in [0.2, 0.25) is 5.02 Å². The van der Waals surface area contributed by atoms with Gasteiger partial charge in [0.1, 0.15) is 5.75 Å². The number of thiophene rings is 1. The van der Waals surface area contributed by atoms with Crippen molar-refractivity contribution >= 4 is 40.4 Å². The van der Waals surface area contributed by atoms with Gasteiger partial charge in [-0.05, 0) is 54.3 Å². The molecule has 7 heteroatoms. The van der Waals surface area contributed by atoms with E-state index < -0.39 is 6.10 Å². The zero-order chi connectivity index (χ0) is 21.1. The average molecular weight is 441 g/mol. The summed E-state index contributed by atoms with van der Waals surface area (Å²) in [6.45, 7) is 2.61. The van der Waals surface area contributed by atoms with Gasteiger partial charge in [0.15, 0.2) is 6.10 Å². The Morgan fingerprint density at radius 3 is 2.77 bits per heavy atom. The Labute approximate surface area is 184 Å². The molecule has 2 aromatic carbocycles. The molecule has 1 aliphatic heterocycles. The lowest BCUT2D eigenvalue weighted by Gasteiger charge is -2.22. The van der Waals surface area contributed by atoms with E-state index in [4.69, 9.17) is 16.3 Å². The van der Waals surface area contributed by atoms with Gasteiger partial charge in [-0.15, -0.1) is 11.3 Å². The first-order valence-corrected chi connectivity index (χ1v) is 10.9. The lowest BCUT2D eigenvalue weighted by molar-refractivity contribution is -0.138. The summed E-state index contributed by atoms with van der Waals surface area (Å²) in [6, 6.07) is 16.8. The van der Waals surface area contributed by atoms with E-state index in [2.05, 4.69) is 5.32 Å². The fraction of sp³-hybridized carbons (Fsp3) is 0.217. The molecule has 1 aliphatic rings. The maximum absolute atomic E-state index is 12.8. The van der Waals surface area contributed by atoms with Crippen LogP contribution in [-0.4, -0.2) is 22.8 Å². The number of benzene rings is 2. The van der Waals surface area contributed by atoms with Gasteiger partial charge in [-0.2, -0.15) is 0 Å². The molecular weight excluding hydrogens is 420 g/mol. The average Bonchev–Trinajstić information content (AvgIpc) is 3.19. The number of amides is 2. The van der Waals surface area contributed by atoms with E-state index in [0.717, 1.165) is 16.0 Å². The summed E-state index contributed by atoms with van der Waals surface area (Å²) in [6.07, 6.45) is -0.249. The predicted octanol–water partition coefficient (Wildman–Crippen LogP) is 4.89. The summed E-state index contributed by atoms with van der Waals surface area (Å²) in [4.78, 5) is 27.9. The first kappa shape index (κ1) is 20.4. The number of nitrogens with one attached hydrogen (secondary N) is 1. The van der Waals surface area contributed by atoms with Crippen LogP contribution in [0, 0.1) is 0 Å². The molecule has 0 radical (unpaired) electrons. The van der Waals surface area contributed by atoms with E-state index in [0.29, 0.717) is 36.0 Å². The highest BCUT2D eigenvalue weighted by molar-refractivity contribution is 7.10. The summed E-state index contributed by atoms with van der Waals surface area (Å²) in [5, 5.41) is 5.55. The second-order valence-corrected chi connectivity index (χ2v) is 8.68. The van der Waals surface area contributed by atoms with Crippen molar-refractivity contribution < 1.29 is 14.3 Å². The number of halogens is 1. The molecule has 2 heterocycles. The van der Waals surface area contributed by atoms with Crippen molar-refractivity contribution in [2.24, 2.45) is 0 Å². The highest BCUT2D eigenvalue weighted by Gasteiger charge is 2.28. The Balaban J connectivity index is 1.52. The number of fused-ring (bicyclic) bond motifs is 1. The molecule has 5 nitrogen and oxygen atoms in total. The van der Waals surface area contributed by atoms with Crippen LogP contribution < -0.4 is 10.1 Å². The number of nitrogens with zero attached hydrogens (tertiary/aromatic N) is 1. The number of carbonyl (C=O) groups is 2. The molecular formula is C23H21ClN2O3S. The van der Waals surface area contributed by atoms with E-state index >= 15 is 0 Å². The first-order chi connectivity index (χ1) is 14.5. The summed E-state index contributed by atoms with van der Waals surface area (Å²) >= 11 is 7.53. The topological polar surface area (TPSA) is 58.6 Å². The first-order valence-electron chi connectivity index (χ1n) is 9.63. The Morgan fingerprint density at radius 2 is 2.03 bits per heavy atom. The Hall–Kier alpha value is -2.83. The quantitative estimate of drug-likeness (QED) is 0.614. The molecule has 154 valence electrons. The van der Waals surface area contributed by atoms with Crippen LogP contribution in [0.1, 0.15) is 22.9 Å². The van der Waals surface area contributed by atoms with Gasteiger partial charge in [0.25, 0.3) is 5.91 Å². The smallest absolute Gasteiger partial charge is 0.263 e. The molecule has 1 atom stereocenters. The van der Waals surface area contributed by atoms with Crippen molar-refractivity contribution in [2.75, 3.05) is 5.32 Å². The number of hydrogen-bond donors (Lipinski definition) is 1. The van der Waals surface area contributed by atoms with Crippen molar-refractivity contribution in [2.45, 2.75) is 32.5 Å². The number of rotatable bonds is 5. The van der Waals surface area contributed by atoms with Crippen molar-refractivity contribution in [3.63, 3.8) is 0 Å². The van der Waals surface area contributed by atoms with Crippen LogP contribution in [0.15, 0.2) is 60.0 Å². The monoisotopic (exact) mass is 440 g/mol. The molecule has 1 N–H and O–H groups in total. The number of ether oxygens (including phenoxy) is 1. The second-order valence-electron chi connectivity index (χ2n) is 7.21. The summed E-state index contributed by atoms with van der Waals surface area (Å²) in [5.41, 5.74) is 2.53. The fourth-order valence-corrected chi connectivity index (χ4v) is 4.23. The van der Waals surface area contributed by atoms with Gasteiger partial charge in [-0.3, -0.25) is 9.59 Å². The fourth-order valence-electron chi connectivity index (χ4n) is 3.40. The third kappa shape index (κ3) is 4.83. The van der Waals surface area contributed by atoms with E-state index in [9.17, 15) is 9.59 Å². The number of hydrogen-bond acceptors (Lipinski definition) is 4. The third-order valence-electron chi connectivity index (χ3n) is 4.87. The molecule has 30 heavy (non-hydrogen) atoms. The molecule has 4 rings (SSSR count). The molecule has 2 amide bonds. The lowest BCUT2D eigenvalue weighted by atomic mass is 10.1. The highest BCUT2D eigenvalue weighted by Crippen LogP contribution is 2.29. The van der Waals surface area contributed by atoms with Gasteiger partial charge >= 0.3 is 0 Å². The molecule has 1 aromatic heterocycles. The zero-order valence-corrected chi connectivity index (χ0v) is 18.0. The van der Waals surface area contributed by atoms with Crippen molar-refractivity contribution in [1.29, 1.82) is 0 Å². The van der Waals surface area contributed by atoms with E-state index in [1.807, 2.05) is 53.9 Å². The van der Waals surface area contributed by atoms with Gasteiger partial charge in [0, 0.05) is 34.2 Å². The van der Waals surface area contributed by atoms with E-state index in [-0.39, 0.29) is 11.8 Å². The van der Waals surface area contributed by atoms with Crippen LogP contribution in [0.5, 0.6) is 5.75 Å². The molecule has 0 spiro atoms. The van der Waals surface area contributed by atoms with Gasteiger partial charge in [0.2, 0.25) is 5.91 Å². The second kappa shape index (κ2) is 8.90. The van der Waals surface area contributed by atoms with E-state index in [1.165, 1.54) is 0 Å². The molecule has 3 aromatic rings. The van der Waals surface area contributed by atoms with Crippen LogP contribution in [-0.2, 0) is 29.1 Å². The maximum atomic E-state index is 12.8. The number of carbonyl (C=O) groups excluding carboxylic acids is 2. The van der Waals surface area contributed by atoms with E-state index in [1.54, 1.807) is 29.2 Å². The minimum absolute atomic E-state index is 0.0746. The normalized spacial score (nSPS) is 15.9. The third-order valence-corrected chi connectivity index (χ3v) is 6.00. The highest BCUT2D eigenvalue weighted by atomic mass is 35.5. The maximum Gasteiger partial charge on any atom is 0.263 e. The zero-order valence-electron chi connectivity index (χ0n) is 16.4. The molecule has 0 bridgehead atoms. The van der Waals surface area contributed by atoms with Crippen molar-refractivity contribution in [3.8, 4) is 5.75 Å². The SMILES string of the molecule is C[C@H]1Oc2ccc(NC(=O)Cc3cccs3)cc2CN(Cc2ccc(Cl)cc2)C1=O. The van der Waals surface area contributed by atoms with Crippen LogP contribution in [0.4, 0.5) is 5.69 Å². The van der Waals surface area contributed by atoms with Crippen LogP contribution in [0.3, 0.4) is 0 Å². The molecule has 0 fully saturated rings. The number of anilines is 1. The molecule has 0 unspecified atom stereocenters. The lowest BCUT2D eigenvalue weighted by Crippen LogP contribution is -2.37. The minimum atomic E-state index is -0.585. The van der Waals surface area contributed by atoms with Crippen molar-refractivity contribution in [1.82, 2.24) is 4.90 Å². The standard InChI is InChI=1S/C23H21ClN2O3S/c1-15-23(28)26(13-16-4-6-18(24)7-5-16)14-17-11-19(8-9-21(17)29-15)25-22(27)12-20-3-2-10-30-20/h2-11,15H,12-14H2,1H3,(H,25,27)/t15-/m1/s1. The van der Waals surface area contributed by atoms with Crippen LogP contribution in [0.25, 0.3) is 0 Å². The minimum Gasteiger partial charge on any atom is -0.481 e. The Morgan fingerprint density at radius 1 is 1.23 bits per heavy atom. The molecule has 0 saturated heterocycles. The Bertz CT molecular complexity index is 1050. The molecule has 0 aliphatic carbocycles. The van der Waals surface area contributed by atoms with Gasteiger partial charge in [-0.25, -0.2) is 0 Å². The summed E-state index contributed by atoms with van der Waals surface area (Å²) in [5.74, 6) is 0.504. The van der Waals surface area contributed by atoms with Crippen molar-refractivity contribution in [3.05, 3.63) is 81.0 Å². The largest absolute Gasteiger partial charge is 0.481 e. The predicted molar refractivity (Wildman–Crippen MR) is 119 cm³/mol.